The SMILES string of the molecule is CCC[C@@H](NC(=O)c1ccc(-c2c(Cl)cccc2-c2nc3cc(Cl)c(C)cc3[nH]2)c(C(=O)O)c1)c1ccccc1. The minimum absolute atomic E-state index is 0.0382. The van der Waals surface area contributed by atoms with E-state index < -0.39 is 5.97 Å². The monoisotopic (exact) mass is 571 g/mol. The van der Waals surface area contributed by atoms with E-state index in [-0.39, 0.29) is 23.1 Å². The second kappa shape index (κ2) is 11.5. The van der Waals surface area contributed by atoms with Gasteiger partial charge >= 0.3 is 5.97 Å². The number of hydrogen-bond donors (Lipinski definition) is 3. The molecule has 1 heterocycles. The highest BCUT2D eigenvalue weighted by Crippen LogP contribution is 2.39. The number of nitrogens with one attached hydrogen (secondary N) is 2. The molecule has 0 saturated heterocycles. The van der Waals surface area contributed by atoms with Crippen molar-refractivity contribution >= 4 is 46.1 Å². The van der Waals surface area contributed by atoms with Crippen molar-refractivity contribution in [1.29, 1.82) is 0 Å². The molecule has 0 fully saturated rings. The number of halogens is 2. The number of carboxylic acids is 1. The summed E-state index contributed by atoms with van der Waals surface area (Å²) in [5.74, 6) is -0.992. The number of aromatic nitrogens is 2. The van der Waals surface area contributed by atoms with Gasteiger partial charge in [0.05, 0.1) is 22.6 Å². The Balaban J connectivity index is 1.56. The lowest BCUT2D eigenvalue weighted by Gasteiger charge is -2.19. The number of hydrogen-bond acceptors (Lipinski definition) is 3. The number of benzene rings is 4. The molecule has 1 aromatic heterocycles. The van der Waals surface area contributed by atoms with E-state index in [0.717, 1.165) is 29.5 Å². The van der Waals surface area contributed by atoms with Gasteiger partial charge in [0, 0.05) is 26.7 Å². The van der Waals surface area contributed by atoms with Crippen molar-refractivity contribution in [3.05, 3.63) is 111 Å². The minimum atomic E-state index is -1.17. The van der Waals surface area contributed by atoms with Gasteiger partial charge < -0.3 is 15.4 Å². The average molecular weight is 572 g/mol. The van der Waals surface area contributed by atoms with Crippen LogP contribution in [0.15, 0.2) is 78.9 Å². The van der Waals surface area contributed by atoms with E-state index >= 15 is 0 Å². The normalized spacial score (nSPS) is 11.9. The van der Waals surface area contributed by atoms with Gasteiger partial charge in [-0.25, -0.2) is 9.78 Å². The number of aromatic amines is 1. The largest absolute Gasteiger partial charge is 0.478 e. The summed E-state index contributed by atoms with van der Waals surface area (Å²) in [6.45, 7) is 3.96. The van der Waals surface area contributed by atoms with Gasteiger partial charge in [-0.15, -0.1) is 0 Å². The number of carbonyl (C=O) groups excluding carboxylic acids is 1. The zero-order valence-electron chi connectivity index (χ0n) is 22.0. The smallest absolute Gasteiger partial charge is 0.336 e. The zero-order chi connectivity index (χ0) is 28.4. The molecule has 3 N–H and O–H groups in total. The second-order valence-electron chi connectivity index (χ2n) is 9.66. The molecule has 40 heavy (non-hydrogen) atoms. The van der Waals surface area contributed by atoms with Crippen LogP contribution in [0.5, 0.6) is 0 Å². The fraction of sp³-hybridized carbons (Fsp3) is 0.156. The Morgan fingerprint density at radius 3 is 2.45 bits per heavy atom. The Morgan fingerprint density at radius 2 is 1.73 bits per heavy atom. The molecule has 6 nitrogen and oxygen atoms in total. The molecular formula is C32H27Cl2N3O3. The van der Waals surface area contributed by atoms with Crippen molar-refractivity contribution in [3.8, 4) is 22.5 Å². The standard InChI is InChI=1S/C32H27Cl2N3O3/c1-3-8-26(19-9-5-4-6-10-19)37-31(38)20-13-14-21(23(16-20)32(39)40)29-22(11-7-12-24(29)33)30-35-27-15-18(2)25(34)17-28(27)36-30/h4-7,9-17,26H,3,8H2,1-2H3,(H,35,36)(H,37,38)(H,39,40)/t26-/m1/s1. The molecule has 0 aliphatic heterocycles. The molecular weight excluding hydrogens is 545 g/mol. The molecule has 0 radical (unpaired) electrons. The first-order valence-electron chi connectivity index (χ1n) is 12.9. The molecule has 0 aliphatic rings. The maximum absolute atomic E-state index is 13.3. The number of amides is 1. The van der Waals surface area contributed by atoms with Crippen LogP contribution in [-0.2, 0) is 0 Å². The maximum Gasteiger partial charge on any atom is 0.336 e. The van der Waals surface area contributed by atoms with E-state index in [2.05, 4.69) is 17.2 Å². The number of aryl methyl sites for hydroxylation is 1. The van der Waals surface area contributed by atoms with Crippen LogP contribution in [0.3, 0.4) is 0 Å². The van der Waals surface area contributed by atoms with Gasteiger partial charge in [-0.05, 0) is 60.4 Å². The molecule has 0 saturated carbocycles. The maximum atomic E-state index is 13.3. The summed E-state index contributed by atoms with van der Waals surface area (Å²) in [4.78, 5) is 33.8. The van der Waals surface area contributed by atoms with Crippen LogP contribution in [0.2, 0.25) is 10.0 Å². The third-order valence-corrected chi connectivity index (χ3v) is 7.62. The van der Waals surface area contributed by atoms with Gasteiger partial charge in [0.1, 0.15) is 5.82 Å². The first kappa shape index (κ1) is 27.4. The molecule has 0 aliphatic carbocycles. The second-order valence-corrected chi connectivity index (χ2v) is 10.5. The number of H-pyrrole nitrogens is 1. The van der Waals surface area contributed by atoms with Crippen LogP contribution in [-0.4, -0.2) is 27.0 Å². The molecule has 0 unspecified atom stereocenters. The first-order valence-corrected chi connectivity index (χ1v) is 13.7. The fourth-order valence-electron chi connectivity index (χ4n) is 4.88. The number of nitrogens with zero attached hydrogens (tertiary/aromatic N) is 1. The molecule has 0 spiro atoms. The van der Waals surface area contributed by atoms with Crippen molar-refractivity contribution < 1.29 is 14.7 Å². The van der Waals surface area contributed by atoms with Crippen LogP contribution in [0, 0.1) is 6.92 Å². The summed E-state index contributed by atoms with van der Waals surface area (Å²) in [5.41, 5.74) is 5.11. The predicted molar refractivity (Wildman–Crippen MR) is 160 cm³/mol. The highest BCUT2D eigenvalue weighted by molar-refractivity contribution is 6.34. The van der Waals surface area contributed by atoms with E-state index in [1.165, 1.54) is 6.07 Å². The van der Waals surface area contributed by atoms with E-state index in [1.54, 1.807) is 30.3 Å². The third kappa shape index (κ3) is 5.46. The van der Waals surface area contributed by atoms with Crippen LogP contribution >= 0.6 is 23.2 Å². The van der Waals surface area contributed by atoms with Gasteiger partial charge in [0.2, 0.25) is 0 Å². The molecule has 5 rings (SSSR count). The topological polar surface area (TPSA) is 95.1 Å². The summed E-state index contributed by atoms with van der Waals surface area (Å²) in [6.07, 6.45) is 1.63. The lowest BCUT2D eigenvalue weighted by Crippen LogP contribution is -2.28. The number of carbonyl (C=O) groups is 2. The zero-order valence-corrected chi connectivity index (χ0v) is 23.5. The lowest BCUT2D eigenvalue weighted by molar-refractivity contribution is 0.0697. The van der Waals surface area contributed by atoms with Crippen LogP contribution < -0.4 is 5.32 Å². The number of aromatic carboxylic acids is 1. The Labute approximate surface area is 242 Å². The van der Waals surface area contributed by atoms with Crippen LogP contribution in [0.1, 0.15) is 57.7 Å². The molecule has 0 bridgehead atoms. The van der Waals surface area contributed by atoms with Crippen molar-refractivity contribution in [2.24, 2.45) is 0 Å². The molecule has 5 aromatic rings. The van der Waals surface area contributed by atoms with Gasteiger partial charge in [-0.3, -0.25) is 4.79 Å². The van der Waals surface area contributed by atoms with Crippen molar-refractivity contribution in [2.45, 2.75) is 32.7 Å². The molecule has 202 valence electrons. The number of carboxylic acid groups (broad SMARTS) is 1. The first-order chi connectivity index (χ1) is 19.3. The van der Waals surface area contributed by atoms with Crippen molar-refractivity contribution in [1.82, 2.24) is 15.3 Å². The van der Waals surface area contributed by atoms with Crippen molar-refractivity contribution in [3.63, 3.8) is 0 Å². The van der Waals surface area contributed by atoms with E-state index in [1.807, 2.05) is 49.4 Å². The quantitative estimate of drug-likeness (QED) is 0.174. The number of imidazole rings is 1. The Hall–Kier alpha value is -4.13. The fourth-order valence-corrected chi connectivity index (χ4v) is 5.31. The van der Waals surface area contributed by atoms with E-state index in [9.17, 15) is 14.7 Å². The van der Waals surface area contributed by atoms with Gasteiger partial charge in [0.15, 0.2) is 0 Å². The van der Waals surface area contributed by atoms with Gasteiger partial charge in [0.25, 0.3) is 5.91 Å². The lowest BCUT2D eigenvalue weighted by atomic mass is 9.93. The number of rotatable bonds is 8. The Bertz CT molecular complexity index is 1690. The van der Waals surface area contributed by atoms with Gasteiger partial charge in [-0.1, -0.05) is 85.1 Å². The minimum Gasteiger partial charge on any atom is -0.478 e. The van der Waals surface area contributed by atoms with Crippen LogP contribution in [0.25, 0.3) is 33.5 Å². The molecule has 4 aromatic carbocycles. The summed E-state index contributed by atoms with van der Waals surface area (Å²) in [6, 6.07) is 23.2. The molecule has 1 amide bonds. The molecule has 1 atom stereocenters. The highest BCUT2D eigenvalue weighted by Gasteiger charge is 2.23. The average Bonchev–Trinajstić information content (AvgIpc) is 3.35. The predicted octanol–water partition coefficient (Wildman–Crippen LogP) is 8.48. The summed E-state index contributed by atoms with van der Waals surface area (Å²) < 4.78 is 0. The Morgan fingerprint density at radius 1 is 0.950 bits per heavy atom. The van der Waals surface area contributed by atoms with Gasteiger partial charge in [-0.2, -0.15) is 0 Å². The summed E-state index contributed by atoms with van der Waals surface area (Å²) in [5, 5.41) is 14.2. The third-order valence-electron chi connectivity index (χ3n) is 6.90. The Kier molecular flexibility index (Phi) is 7.92. The van der Waals surface area contributed by atoms with Crippen molar-refractivity contribution in [2.75, 3.05) is 0 Å². The highest BCUT2D eigenvalue weighted by atomic mass is 35.5. The van der Waals surface area contributed by atoms with Crippen LogP contribution in [0.4, 0.5) is 0 Å². The number of fused-ring (bicyclic) bond motifs is 1. The summed E-state index contributed by atoms with van der Waals surface area (Å²) >= 11 is 13.0. The van der Waals surface area contributed by atoms with E-state index in [4.69, 9.17) is 28.2 Å². The molecule has 8 heteroatoms. The summed E-state index contributed by atoms with van der Waals surface area (Å²) in [7, 11) is 0. The van der Waals surface area contributed by atoms with E-state index in [0.29, 0.717) is 38.1 Å².